The van der Waals surface area contributed by atoms with E-state index in [1.165, 1.54) is 16.7 Å². The maximum Gasteiger partial charge on any atom is 0.261 e. The summed E-state index contributed by atoms with van der Waals surface area (Å²) >= 11 is 0. The minimum absolute atomic E-state index is 0.0704. The number of rotatable bonds is 3. The summed E-state index contributed by atoms with van der Waals surface area (Å²) in [4.78, 5) is 22.5. The zero-order valence-corrected chi connectivity index (χ0v) is 16.6. The molecule has 1 saturated heterocycles. The quantitative estimate of drug-likeness (QED) is 0.742. The van der Waals surface area contributed by atoms with Gasteiger partial charge in [-0.15, -0.1) is 0 Å². The molecule has 150 valence electrons. The standard InChI is InChI=1S/C23H25N3O3/c1-14-5-6-15(11-24-14)9-16-10-19-22(18-4-2-3-17(16)18)25-13-26(23(19)28)20-7-8-29-12-21(20)27/h5-6,10-11,13,20-21,27H,2-4,7-9,12H2,1H3. The molecule has 6 heteroatoms. The molecule has 0 bridgehead atoms. The number of benzene rings is 1. The second-order valence-electron chi connectivity index (χ2n) is 8.18. The molecule has 0 spiro atoms. The molecule has 1 aromatic carbocycles. The van der Waals surface area contributed by atoms with E-state index in [0.717, 1.165) is 42.5 Å². The first-order valence-corrected chi connectivity index (χ1v) is 10.3. The van der Waals surface area contributed by atoms with Gasteiger partial charge in [0.25, 0.3) is 5.56 Å². The van der Waals surface area contributed by atoms with Crippen LogP contribution in [0.5, 0.6) is 0 Å². The van der Waals surface area contributed by atoms with E-state index in [1.807, 2.05) is 25.3 Å². The van der Waals surface area contributed by atoms with E-state index in [2.05, 4.69) is 16.0 Å². The van der Waals surface area contributed by atoms with Gasteiger partial charge in [-0.05, 0) is 73.4 Å². The highest BCUT2D eigenvalue weighted by Crippen LogP contribution is 2.32. The van der Waals surface area contributed by atoms with Crippen molar-refractivity contribution >= 4 is 10.9 Å². The number of nitrogens with zero attached hydrogens (tertiary/aromatic N) is 3. The van der Waals surface area contributed by atoms with Crippen LogP contribution < -0.4 is 5.56 Å². The molecule has 29 heavy (non-hydrogen) atoms. The molecule has 1 N–H and O–H groups in total. The van der Waals surface area contributed by atoms with Gasteiger partial charge in [-0.2, -0.15) is 0 Å². The van der Waals surface area contributed by atoms with Crippen LogP contribution in [0, 0.1) is 6.92 Å². The summed E-state index contributed by atoms with van der Waals surface area (Å²) in [5.41, 5.74) is 6.65. The second-order valence-corrected chi connectivity index (χ2v) is 8.18. The molecule has 0 amide bonds. The fourth-order valence-electron chi connectivity index (χ4n) is 4.73. The average molecular weight is 391 g/mol. The van der Waals surface area contributed by atoms with Crippen LogP contribution in [0.2, 0.25) is 0 Å². The lowest BCUT2D eigenvalue weighted by atomic mass is 9.95. The van der Waals surface area contributed by atoms with Gasteiger partial charge in [-0.1, -0.05) is 6.07 Å². The van der Waals surface area contributed by atoms with Gasteiger partial charge < -0.3 is 9.84 Å². The van der Waals surface area contributed by atoms with Crippen LogP contribution in [0.25, 0.3) is 10.9 Å². The normalized spacial score (nSPS) is 21.4. The predicted molar refractivity (Wildman–Crippen MR) is 110 cm³/mol. The average Bonchev–Trinajstić information content (AvgIpc) is 3.22. The Morgan fingerprint density at radius 2 is 2.10 bits per heavy atom. The SMILES string of the molecule is Cc1ccc(Cc2cc3c(=O)n(C4CCOCC4O)cnc3c3c2CCC3)cn1. The minimum atomic E-state index is -0.687. The van der Waals surface area contributed by atoms with Crippen molar-refractivity contribution in [1.82, 2.24) is 14.5 Å². The molecule has 1 fully saturated rings. The number of hydrogen-bond acceptors (Lipinski definition) is 5. The summed E-state index contributed by atoms with van der Waals surface area (Å²) in [5, 5.41) is 11.0. The number of hydrogen-bond donors (Lipinski definition) is 1. The molecule has 1 aliphatic carbocycles. The first-order chi connectivity index (χ1) is 14.1. The Bertz CT molecular complexity index is 1120. The highest BCUT2D eigenvalue weighted by atomic mass is 16.5. The third-order valence-electron chi connectivity index (χ3n) is 6.26. The van der Waals surface area contributed by atoms with Crippen molar-refractivity contribution in [1.29, 1.82) is 0 Å². The van der Waals surface area contributed by atoms with Crippen LogP contribution in [0.1, 0.15) is 46.8 Å². The van der Waals surface area contributed by atoms with Gasteiger partial charge in [0.05, 0.1) is 36.0 Å². The Morgan fingerprint density at radius 1 is 1.24 bits per heavy atom. The van der Waals surface area contributed by atoms with E-state index >= 15 is 0 Å². The van der Waals surface area contributed by atoms with Gasteiger partial charge in [-0.3, -0.25) is 14.3 Å². The van der Waals surface area contributed by atoms with Gasteiger partial charge in [0.15, 0.2) is 0 Å². The molecule has 3 heterocycles. The van der Waals surface area contributed by atoms with Crippen LogP contribution in [0.15, 0.2) is 35.5 Å². The largest absolute Gasteiger partial charge is 0.389 e. The fourth-order valence-corrected chi connectivity index (χ4v) is 4.73. The van der Waals surface area contributed by atoms with Crippen LogP contribution in [0.3, 0.4) is 0 Å². The van der Waals surface area contributed by atoms with Crippen molar-refractivity contribution in [3.8, 4) is 0 Å². The summed E-state index contributed by atoms with van der Waals surface area (Å²) < 4.78 is 6.93. The first-order valence-electron chi connectivity index (χ1n) is 10.3. The first kappa shape index (κ1) is 18.5. The minimum Gasteiger partial charge on any atom is -0.389 e. The van der Waals surface area contributed by atoms with Crippen molar-refractivity contribution in [2.45, 2.75) is 51.2 Å². The number of aryl methyl sites for hydroxylation is 2. The van der Waals surface area contributed by atoms with Gasteiger partial charge in [-0.25, -0.2) is 4.98 Å². The lowest BCUT2D eigenvalue weighted by Gasteiger charge is -2.29. The lowest BCUT2D eigenvalue weighted by molar-refractivity contribution is -0.0395. The van der Waals surface area contributed by atoms with E-state index in [-0.39, 0.29) is 18.2 Å². The van der Waals surface area contributed by atoms with Gasteiger partial charge in [0, 0.05) is 18.5 Å². The van der Waals surface area contributed by atoms with Crippen LogP contribution in [-0.2, 0) is 24.0 Å². The summed E-state index contributed by atoms with van der Waals surface area (Å²) in [5.74, 6) is 0. The molecule has 5 rings (SSSR count). The van der Waals surface area contributed by atoms with Crippen molar-refractivity contribution in [2.75, 3.05) is 13.2 Å². The zero-order chi connectivity index (χ0) is 20.0. The van der Waals surface area contributed by atoms with Gasteiger partial charge >= 0.3 is 0 Å². The highest BCUT2D eigenvalue weighted by Gasteiger charge is 2.28. The van der Waals surface area contributed by atoms with Crippen molar-refractivity contribution in [3.05, 3.63) is 69.0 Å². The Hall–Kier alpha value is -2.57. The summed E-state index contributed by atoms with van der Waals surface area (Å²) in [6.45, 7) is 2.78. The van der Waals surface area contributed by atoms with E-state index < -0.39 is 6.10 Å². The maximum atomic E-state index is 13.4. The predicted octanol–water partition coefficient (Wildman–Crippen LogP) is 2.50. The molecule has 2 aliphatic rings. The number of fused-ring (bicyclic) bond motifs is 3. The van der Waals surface area contributed by atoms with E-state index in [4.69, 9.17) is 4.74 Å². The van der Waals surface area contributed by atoms with Gasteiger partial charge in [0.2, 0.25) is 0 Å². The lowest BCUT2D eigenvalue weighted by Crippen LogP contribution is -2.39. The molecule has 1 aliphatic heterocycles. The Morgan fingerprint density at radius 3 is 2.90 bits per heavy atom. The molecule has 2 atom stereocenters. The smallest absolute Gasteiger partial charge is 0.261 e. The number of aromatic nitrogens is 3. The highest BCUT2D eigenvalue weighted by molar-refractivity contribution is 5.84. The molecule has 0 radical (unpaired) electrons. The number of aliphatic hydroxyl groups excluding tert-OH is 1. The Balaban J connectivity index is 1.63. The topological polar surface area (TPSA) is 77.2 Å². The fraction of sp³-hybridized carbons (Fsp3) is 0.435. The third-order valence-corrected chi connectivity index (χ3v) is 6.26. The van der Waals surface area contributed by atoms with Crippen LogP contribution >= 0.6 is 0 Å². The Kier molecular flexibility index (Phi) is 4.68. The molecule has 6 nitrogen and oxygen atoms in total. The summed E-state index contributed by atoms with van der Waals surface area (Å²) in [6, 6.07) is 5.87. The Labute approximate surface area is 169 Å². The molecular weight excluding hydrogens is 366 g/mol. The van der Waals surface area contributed by atoms with E-state index in [9.17, 15) is 9.90 Å². The van der Waals surface area contributed by atoms with Crippen molar-refractivity contribution in [2.24, 2.45) is 0 Å². The van der Waals surface area contributed by atoms with E-state index in [1.54, 1.807) is 10.9 Å². The number of aliphatic hydroxyl groups is 1. The zero-order valence-electron chi connectivity index (χ0n) is 16.6. The maximum absolute atomic E-state index is 13.4. The number of pyridine rings is 1. The van der Waals surface area contributed by atoms with Crippen LogP contribution in [-0.4, -0.2) is 39.0 Å². The monoisotopic (exact) mass is 391 g/mol. The van der Waals surface area contributed by atoms with Crippen molar-refractivity contribution < 1.29 is 9.84 Å². The van der Waals surface area contributed by atoms with Crippen molar-refractivity contribution in [3.63, 3.8) is 0 Å². The molecular formula is C23H25N3O3. The second kappa shape index (κ2) is 7.35. The molecule has 3 aromatic rings. The summed E-state index contributed by atoms with van der Waals surface area (Å²) in [6.07, 6.45) is 7.31. The van der Waals surface area contributed by atoms with E-state index in [0.29, 0.717) is 18.4 Å². The molecule has 2 aromatic heterocycles. The number of ether oxygens (including phenoxy) is 1. The van der Waals surface area contributed by atoms with Crippen LogP contribution in [0.4, 0.5) is 0 Å². The third kappa shape index (κ3) is 3.26. The summed E-state index contributed by atoms with van der Waals surface area (Å²) in [7, 11) is 0. The molecule has 0 saturated carbocycles. The van der Waals surface area contributed by atoms with Gasteiger partial charge in [0.1, 0.15) is 0 Å². The molecule has 2 unspecified atom stereocenters.